The highest BCUT2D eigenvalue weighted by Crippen LogP contribution is 2.48. The average Bonchev–Trinajstić information content (AvgIpc) is 3.34. The van der Waals surface area contributed by atoms with Gasteiger partial charge in [0.2, 0.25) is 11.8 Å². The Kier molecular flexibility index (Phi) is 12.8. The summed E-state index contributed by atoms with van der Waals surface area (Å²) in [7, 11) is 3.26. The first-order chi connectivity index (χ1) is 32.0. The summed E-state index contributed by atoms with van der Waals surface area (Å²) >= 11 is 7.14. The third-order valence-electron chi connectivity index (χ3n) is 12.6. The highest BCUT2D eigenvalue weighted by Gasteiger charge is 2.41. The van der Waals surface area contributed by atoms with Crippen LogP contribution in [0.15, 0.2) is 203 Å². The number of hydrogen-bond acceptors (Lipinski definition) is 6. The molecule has 2 aromatic heterocycles. The third kappa shape index (κ3) is 8.70. The molecule has 0 bridgehead atoms. The molecule has 0 aliphatic carbocycles. The number of pyridine rings is 2. The van der Waals surface area contributed by atoms with E-state index < -0.39 is 23.0 Å². The lowest BCUT2D eigenvalue weighted by Crippen LogP contribution is -2.31. The number of halogens is 2. The maximum atomic E-state index is 12.3. The molecule has 10 rings (SSSR count). The van der Waals surface area contributed by atoms with Crippen molar-refractivity contribution in [3.8, 4) is 11.8 Å². The molecule has 8 heteroatoms. The summed E-state index contributed by atoms with van der Waals surface area (Å²) in [6, 6.07) is 64.8. The number of benzene rings is 8. The van der Waals surface area contributed by atoms with Gasteiger partial charge in [0.1, 0.15) is 0 Å². The molecule has 8 aromatic carbocycles. The Hall–Kier alpha value is -6.42. The van der Waals surface area contributed by atoms with Gasteiger partial charge in [0.25, 0.3) is 0 Å². The first kappa shape index (κ1) is 44.8. The number of ether oxygens (including phenoxy) is 2. The van der Waals surface area contributed by atoms with Gasteiger partial charge in [-0.25, -0.2) is 9.97 Å². The summed E-state index contributed by atoms with van der Waals surface area (Å²) in [6.45, 7) is 3.77. The number of rotatable bonds is 10. The molecule has 328 valence electrons. The molecule has 0 saturated heterocycles. The van der Waals surface area contributed by atoms with Gasteiger partial charge in [0.05, 0.1) is 36.5 Å². The predicted octanol–water partition coefficient (Wildman–Crippen LogP) is 14.4. The highest BCUT2D eigenvalue weighted by atomic mass is 79.9. The van der Waals surface area contributed by atoms with E-state index in [-0.39, 0.29) is 0 Å². The van der Waals surface area contributed by atoms with Gasteiger partial charge in [-0.3, -0.25) is 0 Å². The van der Waals surface area contributed by atoms with E-state index in [2.05, 4.69) is 105 Å². The molecule has 10 aromatic rings. The van der Waals surface area contributed by atoms with Crippen molar-refractivity contribution < 1.29 is 19.7 Å². The van der Waals surface area contributed by atoms with Crippen molar-refractivity contribution >= 4 is 75.2 Å². The number of hydrogen-bond donors (Lipinski definition) is 2. The lowest BCUT2D eigenvalue weighted by Gasteiger charge is -2.35. The van der Waals surface area contributed by atoms with Crippen molar-refractivity contribution in [3.63, 3.8) is 0 Å². The van der Waals surface area contributed by atoms with Crippen LogP contribution in [0.4, 0.5) is 0 Å². The van der Waals surface area contributed by atoms with Crippen LogP contribution in [-0.4, -0.2) is 34.4 Å². The Morgan fingerprint density at radius 2 is 0.788 bits per heavy atom. The molecule has 0 radical (unpaired) electrons. The number of aliphatic hydroxyl groups is 2. The van der Waals surface area contributed by atoms with Crippen LogP contribution < -0.4 is 9.47 Å². The van der Waals surface area contributed by atoms with Gasteiger partial charge in [0, 0.05) is 42.7 Å². The van der Waals surface area contributed by atoms with Gasteiger partial charge >= 0.3 is 0 Å². The van der Waals surface area contributed by atoms with Gasteiger partial charge in [0.15, 0.2) is 0 Å². The van der Waals surface area contributed by atoms with E-state index in [1.54, 1.807) is 14.2 Å². The number of methoxy groups -OCH3 is 2. The summed E-state index contributed by atoms with van der Waals surface area (Å²) in [5.41, 5.74) is 4.60. The lowest BCUT2D eigenvalue weighted by molar-refractivity contribution is 0.0395. The van der Waals surface area contributed by atoms with Crippen LogP contribution in [0.2, 0.25) is 0 Å². The fraction of sp³-hybridized carbons (Fsp3) is 0.138. The van der Waals surface area contributed by atoms with E-state index >= 15 is 0 Å². The molecule has 0 aliphatic heterocycles. The van der Waals surface area contributed by atoms with Crippen molar-refractivity contribution in [1.29, 1.82) is 0 Å². The smallest absolute Gasteiger partial charge is 0.217 e. The van der Waals surface area contributed by atoms with Crippen molar-refractivity contribution in [2.24, 2.45) is 0 Å². The molecular formula is C58H48Br2N2O4. The second kappa shape index (κ2) is 18.8. The van der Waals surface area contributed by atoms with Gasteiger partial charge in [-0.05, 0) is 106 Å². The van der Waals surface area contributed by atoms with Gasteiger partial charge in [-0.1, -0.05) is 177 Å². The first-order valence-corrected chi connectivity index (χ1v) is 23.4. The van der Waals surface area contributed by atoms with Crippen LogP contribution >= 0.6 is 31.9 Å². The Bertz CT molecular complexity index is 3110. The zero-order valence-corrected chi connectivity index (χ0v) is 40.2. The molecule has 0 aliphatic rings. The van der Waals surface area contributed by atoms with E-state index in [0.717, 1.165) is 85.7 Å². The third-order valence-corrected chi connectivity index (χ3v) is 13.6. The minimum Gasteiger partial charge on any atom is -0.481 e. The minimum atomic E-state index is -1.24. The molecule has 66 heavy (non-hydrogen) atoms. The van der Waals surface area contributed by atoms with E-state index in [4.69, 9.17) is 19.4 Å². The SMILES string of the molecule is COc1nc2ccc(Br)cc2cc1[C@@H](c1ccccc1)[C@@](C)(O)c1cccc2ccccc12.COc1nc2ccc(Br)cc2cc1[C@H](c1ccccc1)[C@](C)(O)c1cccc2ccccc12. The topological polar surface area (TPSA) is 84.7 Å². The Balaban J connectivity index is 0.000000166. The second-order valence-corrected chi connectivity index (χ2v) is 18.7. The van der Waals surface area contributed by atoms with Crippen molar-refractivity contribution in [1.82, 2.24) is 9.97 Å². The fourth-order valence-electron chi connectivity index (χ4n) is 9.58. The Morgan fingerprint density at radius 3 is 1.18 bits per heavy atom. The Labute approximate surface area is 401 Å². The summed E-state index contributed by atoms with van der Waals surface area (Å²) in [5.74, 6) is 0.212. The zero-order chi connectivity index (χ0) is 46.0. The largest absolute Gasteiger partial charge is 0.481 e. The van der Waals surface area contributed by atoms with Crippen molar-refractivity contribution in [2.45, 2.75) is 36.9 Å². The van der Waals surface area contributed by atoms with Crippen molar-refractivity contribution in [2.75, 3.05) is 14.2 Å². The van der Waals surface area contributed by atoms with E-state index in [1.807, 2.05) is 135 Å². The summed E-state index contributed by atoms with van der Waals surface area (Å²) in [6.07, 6.45) is 0. The number of fused-ring (bicyclic) bond motifs is 4. The molecule has 0 unspecified atom stereocenters. The molecule has 0 saturated carbocycles. The summed E-state index contributed by atoms with van der Waals surface area (Å²) in [5, 5.41) is 30.8. The lowest BCUT2D eigenvalue weighted by atomic mass is 9.73. The maximum absolute atomic E-state index is 12.3. The summed E-state index contributed by atoms with van der Waals surface area (Å²) < 4.78 is 13.5. The standard InChI is InChI=1S/2C29H24BrNO2/c2*1-29(32,25-14-8-12-19-9-6-7-13-23(19)25)27(20-10-4-3-5-11-20)24-18-21-17-22(30)15-16-26(21)31-28(24)33-2/h2*3-18,27,32H,1-2H3/t2*27-,29+/m10/s1. The zero-order valence-electron chi connectivity index (χ0n) is 37.0. The summed E-state index contributed by atoms with van der Waals surface area (Å²) in [4.78, 5) is 9.59. The molecular weight excluding hydrogens is 948 g/mol. The normalized spacial score (nSPS) is 14.2. The predicted molar refractivity (Wildman–Crippen MR) is 276 cm³/mol. The minimum absolute atomic E-state index is 0.407. The van der Waals surface area contributed by atoms with Gasteiger partial charge in [-0.15, -0.1) is 0 Å². The fourth-order valence-corrected chi connectivity index (χ4v) is 10.3. The molecule has 6 nitrogen and oxygen atoms in total. The monoisotopic (exact) mass is 994 g/mol. The van der Waals surface area contributed by atoms with Crippen LogP contribution in [0.1, 0.15) is 59.1 Å². The quantitative estimate of drug-likeness (QED) is 0.142. The van der Waals surface area contributed by atoms with E-state index in [1.165, 1.54) is 0 Å². The van der Waals surface area contributed by atoms with Crippen molar-refractivity contribution in [3.05, 3.63) is 236 Å². The molecule has 2 N–H and O–H groups in total. The van der Waals surface area contributed by atoms with Crippen LogP contribution in [0.25, 0.3) is 43.4 Å². The van der Waals surface area contributed by atoms with E-state index in [9.17, 15) is 10.2 Å². The number of aromatic nitrogens is 2. The second-order valence-electron chi connectivity index (χ2n) is 16.9. The van der Waals surface area contributed by atoms with Crippen LogP contribution in [0.3, 0.4) is 0 Å². The molecule has 0 fully saturated rings. The van der Waals surface area contributed by atoms with Crippen LogP contribution in [0.5, 0.6) is 11.8 Å². The van der Waals surface area contributed by atoms with Crippen LogP contribution in [-0.2, 0) is 11.2 Å². The molecule has 4 atom stereocenters. The highest BCUT2D eigenvalue weighted by molar-refractivity contribution is 9.10. The number of nitrogens with zero attached hydrogens (tertiary/aromatic N) is 2. The van der Waals surface area contributed by atoms with Gasteiger partial charge in [-0.2, -0.15) is 0 Å². The first-order valence-electron chi connectivity index (χ1n) is 21.8. The van der Waals surface area contributed by atoms with Gasteiger partial charge < -0.3 is 19.7 Å². The average molecular weight is 997 g/mol. The van der Waals surface area contributed by atoms with E-state index in [0.29, 0.717) is 11.8 Å². The maximum Gasteiger partial charge on any atom is 0.217 e. The Morgan fingerprint density at radius 1 is 0.424 bits per heavy atom. The molecule has 0 spiro atoms. The van der Waals surface area contributed by atoms with Crippen LogP contribution in [0, 0.1) is 0 Å². The molecule has 0 amide bonds. The molecule has 2 heterocycles.